The first-order chi connectivity index (χ1) is 7.69. The summed E-state index contributed by atoms with van der Waals surface area (Å²) in [6, 6.07) is 1.90. The first-order valence-corrected chi connectivity index (χ1v) is 6.16. The van der Waals surface area contributed by atoms with Crippen molar-refractivity contribution in [2.45, 2.75) is 47.0 Å². The van der Waals surface area contributed by atoms with Gasteiger partial charge in [0, 0.05) is 18.2 Å². The minimum Gasteiger partial charge on any atom is -0.477 e. The van der Waals surface area contributed by atoms with E-state index < -0.39 is 0 Å². The minimum atomic E-state index is 0.625. The van der Waals surface area contributed by atoms with Crippen LogP contribution in [0.4, 0.5) is 0 Å². The lowest BCUT2D eigenvalue weighted by molar-refractivity contribution is 0.231. The molecule has 0 aliphatic heterocycles. The molecule has 3 heteroatoms. The Morgan fingerprint density at radius 1 is 1.19 bits per heavy atom. The SMILES string of the molecule is CCc1nc(C)cc(OCC(CC)CC)n1. The highest BCUT2D eigenvalue weighted by Gasteiger charge is 2.06. The summed E-state index contributed by atoms with van der Waals surface area (Å²) < 4.78 is 5.72. The van der Waals surface area contributed by atoms with Crippen LogP contribution in [0.3, 0.4) is 0 Å². The molecule has 0 saturated heterocycles. The number of ether oxygens (including phenoxy) is 1. The van der Waals surface area contributed by atoms with Crippen LogP contribution in [0.25, 0.3) is 0 Å². The second-order valence-electron chi connectivity index (χ2n) is 4.11. The summed E-state index contributed by atoms with van der Waals surface area (Å²) in [5.74, 6) is 2.20. The van der Waals surface area contributed by atoms with Crippen LogP contribution in [0.5, 0.6) is 5.88 Å². The van der Waals surface area contributed by atoms with Gasteiger partial charge < -0.3 is 4.74 Å². The largest absolute Gasteiger partial charge is 0.477 e. The summed E-state index contributed by atoms with van der Waals surface area (Å²) in [6.45, 7) is 9.18. The normalized spacial score (nSPS) is 10.8. The predicted molar refractivity (Wildman–Crippen MR) is 65.7 cm³/mol. The average Bonchev–Trinajstić information content (AvgIpc) is 2.29. The van der Waals surface area contributed by atoms with Crippen molar-refractivity contribution < 1.29 is 4.74 Å². The maximum absolute atomic E-state index is 5.72. The Morgan fingerprint density at radius 3 is 2.44 bits per heavy atom. The first kappa shape index (κ1) is 12.9. The lowest BCUT2D eigenvalue weighted by Crippen LogP contribution is -2.11. The number of nitrogens with zero attached hydrogens (tertiary/aromatic N) is 2. The summed E-state index contributed by atoms with van der Waals surface area (Å²) in [5, 5.41) is 0. The molecule has 0 bridgehead atoms. The van der Waals surface area contributed by atoms with E-state index in [0.717, 1.165) is 43.3 Å². The van der Waals surface area contributed by atoms with Crippen molar-refractivity contribution in [3.63, 3.8) is 0 Å². The molecule has 0 spiro atoms. The number of hydrogen-bond acceptors (Lipinski definition) is 3. The molecule has 1 aromatic rings. The first-order valence-electron chi connectivity index (χ1n) is 6.16. The van der Waals surface area contributed by atoms with Crippen LogP contribution >= 0.6 is 0 Å². The molecule has 1 heterocycles. The Morgan fingerprint density at radius 2 is 1.88 bits per heavy atom. The van der Waals surface area contributed by atoms with Crippen molar-refractivity contribution >= 4 is 0 Å². The van der Waals surface area contributed by atoms with E-state index in [-0.39, 0.29) is 0 Å². The molecule has 0 N–H and O–H groups in total. The topological polar surface area (TPSA) is 35.0 Å². The van der Waals surface area contributed by atoms with Gasteiger partial charge in [0.15, 0.2) is 0 Å². The highest BCUT2D eigenvalue weighted by Crippen LogP contribution is 2.13. The maximum Gasteiger partial charge on any atom is 0.216 e. The molecule has 0 amide bonds. The summed E-state index contributed by atoms with van der Waals surface area (Å²) in [4.78, 5) is 8.69. The van der Waals surface area contributed by atoms with Crippen LogP contribution < -0.4 is 4.74 Å². The fourth-order valence-electron chi connectivity index (χ4n) is 1.56. The van der Waals surface area contributed by atoms with Crippen LogP contribution in [0, 0.1) is 12.8 Å². The van der Waals surface area contributed by atoms with Crippen molar-refractivity contribution in [2.24, 2.45) is 5.92 Å². The van der Waals surface area contributed by atoms with Crippen LogP contribution in [0.1, 0.15) is 45.1 Å². The quantitative estimate of drug-likeness (QED) is 0.741. The van der Waals surface area contributed by atoms with Crippen LogP contribution in [0.2, 0.25) is 0 Å². The Hall–Kier alpha value is -1.12. The average molecular weight is 222 g/mol. The molecular weight excluding hydrogens is 200 g/mol. The second-order valence-corrected chi connectivity index (χ2v) is 4.11. The lowest BCUT2D eigenvalue weighted by atomic mass is 10.1. The van der Waals surface area contributed by atoms with Gasteiger partial charge in [-0.05, 0) is 12.8 Å². The van der Waals surface area contributed by atoms with E-state index in [9.17, 15) is 0 Å². The van der Waals surface area contributed by atoms with E-state index in [1.165, 1.54) is 0 Å². The Labute approximate surface area is 98.3 Å². The van der Waals surface area contributed by atoms with Gasteiger partial charge >= 0.3 is 0 Å². The van der Waals surface area contributed by atoms with Crippen LogP contribution in [-0.4, -0.2) is 16.6 Å². The van der Waals surface area contributed by atoms with E-state index >= 15 is 0 Å². The number of aromatic nitrogens is 2. The van der Waals surface area contributed by atoms with Crippen molar-refractivity contribution in [2.75, 3.05) is 6.61 Å². The number of rotatable bonds is 6. The van der Waals surface area contributed by atoms with Crippen molar-refractivity contribution in [3.8, 4) is 5.88 Å². The lowest BCUT2D eigenvalue weighted by Gasteiger charge is -2.13. The molecule has 0 aliphatic carbocycles. The van der Waals surface area contributed by atoms with Crippen molar-refractivity contribution in [1.29, 1.82) is 0 Å². The minimum absolute atomic E-state index is 0.625. The molecule has 0 aromatic carbocycles. The smallest absolute Gasteiger partial charge is 0.216 e. The van der Waals surface area contributed by atoms with Gasteiger partial charge in [0.1, 0.15) is 5.82 Å². The van der Waals surface area contributed by atoms with Crippen molar-refractivity contribution in [1.82, 2.24) is 9.97 Å². The van der Waals surface area contributed by atoms with E-state index in [4.69, 9.17) is 4.74 Å². The fraction of sp³-hybridized carbons (Fsp3) is 0.692. The predicted octanol–water partition coefficient (Wildman–Crippen LogP) is 3.16. The van der Waals surface area contributed by atoms with Gasteiger partial charge in [-0.2, -0.15) is 4.98 Å². The zero-order valence-electron chi connectivity index (χ0n) is 10.8. The Bertz CT molecular complexity index is 322. The highest BCUT2D eigenvalue weighted by molar-refractivity contribution is 5.15. The summed E-state index contributed by atoms with van der Waals surface area (Å²) in [7, 11) is 0. The molecule has 0 fully saturated rings. The van der Waals surface area contributed by atoms with E-state index in [2.05, 4.69) is 30.7 Å². The molecule has 16 heavy (non-hydrogen) atoms. The molecule has 90 valence electrons. The standard InChI is InChI=1S/C13H22N2O/c1-5-11(6-2)9-16-13-8-10(4)14-12(7-3)15-13/h8,11H,5-7,9H2,1-4H3. The molecule has 0 unspecified atom stereocenters. The van der Waals surface area contributed by atoms with Crippen molar-refractivity contribution in [3.05, 3.63) is 17.6 Å². The number of aryl methyl sites for hydroxylation is 2. The Kier molecular flexibility index (Phi) is 5.23. The van der Waals surface area contributed by atoms with E-state index in [1.54, 1.807) is 0 Å². The van der Waals surface area contributed by atoms with Gasteiger partial charge in [-0.25, -0.2) is 4.98 Å². The molecular formula is C13H22N2O. The molecule has 0 radical (unpaired) electrons. The summed E-state index contributed by atoms with van der Waals surface area (Å²) in [6.07, 6.45) is 3.16. The van der Waals surface area contributed by atoms with Gasteiger partial charge in [0.05, 0.1) is 6.61 Å². The molecule has 0 saturated carbocycles. The van der Waals surface area contributed by atoms with Gasteiger partial charge in [0.25, 0.3) is 0 Å². The van der Waals surface area contributed by atoms with E-state index in [0.29, 0.717) is 5.92 Å². The Balaban J connectivity index is 2.62. The van der Waals surface area contributed by atoms with Gasteiger partial charge in [-0.1, -0.05) is 33.6 Å². The highest BCUT2D eigenvalue weighted by atomic mass is 16.5. The van der Waals surface area contributed by atoms with Gasteiger partial charge in [0.2, 0.25) is 5.88 Å². The van der Waals surface area contributed by atoms with Crippen LogP contribution in [-0.2, 0) is 6.42 Å². The third kappa shape index (κ3) is 3.80. The zero-order chi connectivity index (χ0) is 12.0. The zero-order valence-corrected chi connectivity index (χ0v) is 10.8. The molecule has 3 nitrogen and oxygen atoms in total. The van der Waals surface area contributed by atoms with Gasteiger partial charge in [-0.15, -0.1) is 0 Å². The molecule has 0 aliphatic rings. The summed E-state index contributed by atoms with van der Waals surface area (Å²) >= 11 is 0. The van der Waals surface area contributed by atoms with Gasteiger partial charge in [-0.3, -0.25) is 0 Å². The fourth-order valence-corrected chi connectivity index (χ4v) is 1.56. The second kappa shape index (κ2) is 6.46. The molecule has 1 aromatic heterocycles. The third-order valence-electron chi connectivity index (χ3n) is 2.81. The molecule has 0 atom stereocenters. The monoisotopic (exact) mass is 222 g/mol. The van der Waals surface area contributed by atoms with E-state index in [1.807, 2.05) is 13.0 Å². The number of hydrogen-bond donors (Lipinski definition) is 0. The third-order valence-corrected chi connectivity index (χ3v) is 2.81. The summed E-state index contributed by atoms with van der Waals surface area (Å²) in [5.41, 5.74) is 0.978. The van der Waals surface area contributed by atoms with Crippen LogP contribution in [0.15, 0.2) is 6.07 Å². The molecule has 1 rings (SSSR count). The maximum atomic E-state index is 5.72.